The minimum Gasteiger partial charge on any atom is -0.464 e. The second kappa shape index (κ2) is 4.68. The summed E-state index contributed by atoms with van der Waals surface area (Å²) in [5.41, 5.74) is 0.0697. The van der Waals surface area contributed by atoms with Crippen molar-refractivity contribution >= 4 is 29.2 Å². The first kappa shape index (κ1) is 11.8. The topological polar surface area (TPSA) is 69.9 Å². The summed E-state index contributed by atoms with van der Waals surface area (Å²) < 4.78 is 4.51. The van der Waals surface area contributed by atoms with Gasteiger partial charge in [-0.3, -0.25) is 0 Å². The fourth-order valence-corrected chi connectivity index (χ4v) is 1.57. The second-order valence-electron chi connectivity index (χ2n) is 2.97. The summed E-state index contributed by atoms with van der Waals surface area (Å²) in [6.07, 6.45) is 2.67. The van der Waals surface area contributed by atoms with E-state index in [4.69, 9.17) is 23.2 Å². The number of esters is 1. The molecular formula is C9H6Cl2N4O2. The Balaban J connectivity index is 2.40. The number of carbonyl (C=O) groups is 1. The van der Waals surface area contributed by atoms with Gasteiger partial charge in [0.2, 0.25) is 0 Å². The van der Waals surface area contributed by atoms with Gasteiger partial charge >= 0.3 is 5.97 Å². The maximum atomic E-state index is 11.2. The van der Waals surface area contributed by atoms with Gasteiger partial charge in [-0.2, -0.15) is 5.10 Å². The van der Waals surface area contributed by atoms with Crippen LogP contribution in [0.15, 0.2) is 18.5 Å². The van der Waals surface area contributed by atoms with E-state index in [-0.39, 0.29) is 16.5 Å². The largest absolute Gasteiger partial charge is 0.464 e. The number of rotatable bonds is 2. The Kier molecular flexibility index (Phi) is 3.26. The lowest BCUT2D eigenvalue weighted by Gasteiger charge is -2.01. The lowest BCUT2D eigenvalue weighted by atomic mass is 10.5. The van der Waals surface area contributed by atoms with Crippen LogP contribution in [0.4, 0.5) is 0 Å². The van der Waals surface area contributed by atoms with Crippen LogP contribution in [-0.4, -0.2) is 33.1 Å². The SMILES string of the molecule is COC(=O)c1cnn(-c2ncc(Cl)cc2Cl)n1. The van der Waals surface area contributed by atoms with E-state index in [0.717, 1.165) is 4.80 Å². The Morgan fingerprint density at radius 2 is 2.18 bits per heavy atom. The Hall–Kier alpha value is -1.66. The number of halogens is 2. The van der Waals surface area contributed by atoms with Gasteiger partial charge in [0, 0.05) is 6.20 Å². The lowest BCUT2D eigenvalue weighted by Crippen LogP contribution is -2.06. The van der Waals surface area contributed by atoms with Crippen LogP contribution in [0.3, 0.4) is 0 Å². The van der Waals surface area contributed by atoms with Crippen LogP contribution >= 0.6 is 23.2 Å². The second-order valence-corrected chi connectivity index (χ2v) is 3.81. The highest BCUT2D eigenvalue weighted by Gasteiger charge is 2.13. The molecule has 2 heterocycles. The molecule has 0 aliphatic rings. The molecule has 0 atom stereocenters. The highest BCUT2D eigenvalue weighted by Crippen LogP contribution is 2.20. The molecular weight excluding hydrogens is 267 g/mol. The molecule has 6 nitrogen and oxygen atoms in total. The molecule has 0 saturated carbocycles. The molecule has 0 aromatic carbocycles. The van der Waals surface area contributed by atoms with Crippen LogP contribution in [0, 0.1) is 0 Å². The van der Waals surface area contributed by atoms with Crippen LogP contribution in [0.2, 0.25) is 10.0 Å². The van der Waals surface area contributed by atoms with E-state index in [1.165, 1.54) is 25.6 Å². The fourth-order valence-electron chi connectivity index (χ4n) is 1.12. The first-order valence-corrected chi connectivity index (χ1v) is 5.19. The van der Waals surface area contributed by atoms with Crippen LogP contribution in [0.1, 0.15) is 10.5 Å². The third-order valence-electron chi connectivity index (χ3n) is 1.86. The average molecular weight is 273 g/mol. The van der Waals surface area contributed by atoms with Gasteiger partial charge in [0.1, 0.15) is 0 Å². The highest BCUT2D eigenvalue weighted by atomic mass is 35.5. The number of nitrogens with zero attached hydrogens (tertiary/aromatic N) is 4. The van der Waals surface area contributed by atoms with E-state index in [2.05, 4.69) is 19.9 Å². The Labute approximate surface area is 106 Å². The monoisotopic (exact) mass is 272 g/mol. The van der Waals surface area contributed by atoms with Gasteiger partial charge in [-0.05, 0) is 6.07 Å². The number of hydrogen-bond acceptors (Lipinski definition) is 5. The van der Waals surface area contributed by atoms with E-state index in [9.17, 15) is 4.79 Å². The molecule has 8 heteroatoms. The minimum atomic E-state index is -0.582. The number of carbonyl (C=O) groups excluding carboxylic acids is 1. The maximum absolute atomic E-state index is 11.2. The summed E-state index contributed by atoms with van der Waals surface area (Å²) in [6.45, 7) is 0. The van der Waals surface area contributed by atoms with Crippen molar-refractivity contribution in [1.29, 1.82) is 0 Å². The number of hydrogen-bond donors (Lipinski definition) is 0. The fraction of sp³-hybridized carbons (Fsp3) is 0.111. The zero-order valence-corrected chi connectivity index (χ0v) is 10.1. The summed E-state index contributed by atoms with van der Waals surface area (Å²) in [5, 5.41) is 8.43. The predicted molar refractivity (Wildman–Crippen MR) is 60.5 cm³/mol. The first-order chi connectivity index (χ1) is 8.11. The van der Waals surface area contributed by atoms with Gasteiger partial charge in [-0.15, -0.1) is 9.90 Å². The Bertz CT molecular complexity index is 570. The summed E-state index contributed by atoms with van der Waals surface area (Å²) in [7, 11) is 1.26. The Morgan fingerprint density at radius 3 is 2.82 bits per heavy atom. The van der Waals surface area contributed by atoms with Crippen LogP contribution < -0.4 is 0 Å². The van der Waals surface area contributed by atoms with Gasteiger partial charge in [-0.1, -0.05) is 23.2 Å². The van der Waals surface area contributed by atoms with Crippen LogP contribution in [0.25, 0.3) is 5.82 Å². The zero-order valence-electron chi connectivity index (χ0n) is 8.59. The number of methoxy groups -OCH3 is 1. The van der Waals surface area contributed by atoms with E-state index < -0.39 is 5.97 Å². The molecule has 0 fully saturated rings. The third-order valence-corrected chi connectivity index (χ3v) is 2.35. The van der Waals surface area contributed by atoms with Gasteiger partial charge in [0.15, 0.2) is 11.5 Å². The van der Waals surface area contributed by atoms with Crippen molar-refractivity contribution in [2.45, 2.75) is 0 Å². The highest BCUT2D eigenvalue weighted by molar-refractivity contribution is 6.35. The maximum Gasteiger partial charge on any atom is 0.360 e. The van der Waals surface area contributed by atoms with Gasteiger partial charge in [0.25, 0.3) is 0 Å². The van der Waals surface area contributed by atoms with Gasteiger partial charge < -0.3 is 4.74 Å². The number of aromatic nitrogens is 4. The normalized spacial score (nSPS) is 10.3. The molecule has 0 N–H and O–H groups in total. The quantitative estimate of drug-likeness (QED) is 0.779. The molecule has 0 amide bonds. The van der Waals surface area contributed by atoms with Crippen molar-refractivity contribution in [2.24, 2.45) is 0 Å². The molecule has 2 aromatic heterocycles. The standard InChI is InChI=1S/C9H6Cl2N4O2/c1-17-9(16)7-4-13-15(14-7)8-6(11)2-5(10)3-12-8/h2-4H,1H3. The molecule has 2 aromatic rings. The Morgan fingerprint density at radius 1 is 1.41 bits per heavy atom. The molecule has 0 unspecified atom stereocenters. The third kappa shape index (κ3) is 2.37. The lowest BCUT2D eigenvalue weighted by molar-refractivity contribution is 0.0593. The molecule has 0 bridgehead atoms. The minimum absolute atomic E-state index is 0.0697. The molecule has 0 spiro atoms. The van der Waals surface area contributed by atoms with E-state index in [1.807, 2.05) is 0 Å². The van der Waals surface area contributed by atoms with Crippen LogP contribution in [0.5, 0.6) is 0 Å². The molecule has 2 rings (SSSR count). The summed E-state index contributed by atoms with van der Waals surface area (Å²) in [4.78, 5) is 16.3. The van der Waals surface area contributed by atoms with Gasteiger partial charge in [0.05, 0.1) is 23.4 Å². The van der Waals surface area contributed by atoms with E-state index >= 15 is 0 Å². The summed E-state index contributed by atoms with van der Waals surface area (Å²) in [5.74, 6) is -0.299. The molecule has 17 heavy (non-hydrogen) atoms. The molecule has 0 radical (unpaired) electrons. The van der Waals surface area contributed by atoms with Gasteiger partial charge in [-0.25, -0.2) is 9.78 Å². The van der Waals surface area contributed by atoms with E-state index in [0.29, 0.717) is 5.02 Å². The molecule has 0 aliphatic heterocycles. The van der Waals surface area contributed by atoms with Crippen molar-refractivity contribution in [3.05, 3.63) is 34.2 Å². The van der Waals surface area contributed by atoms with Crippen LogP contribution in [-0.2, 0) is 4.74 Å². The number of pyridine rings is 1. The molecule has 0 aliphatic carbocycles. The van der Waals surface area contributed by atoms with Crippen molar-refractivity contribution < 1.29 is 9.53 Å². The van der Waals surface area contributed by atoms with Crippen molar-refractivity contribution in [2.75, 3.05) is 7.11 Å². The predicted octanol–water partition coefficient (Wildman–Crippen LogP) is 1.76. The molecule has 0 saturated heterocycles. The first-order valence-electron chi connectivity index (χ1n) is 4.44. The number of ether oxygens (including phenoxy) is 1. The van der Waals surface area contributed by atoms with Crippen molar-refractivity contribution in [3.63, 3.8) is 0 Å². The summed E-state index contributed by atoms with van der Waals surface area (Å²) in [6, 6.07) is 1.51. The zero-order chi connectivity index (χ0) is 12.4. The average Bonchev–Trinajstić information content (AvgIpc) is 2.77. The summed E-state index contributed by atoms with van der Waals surface area (Å²) >= 11 is 11.6. The van der Waals surface area contributed by atoms with E-state index in [1.54, 1.807) is 0 Å². The van der Waals surface area contributed by atoms with Crippen molar-refractivity contribution in [3.8, 4) is 5.82 Å². The van der Waals surface area contributed by atoms with Crippen molar-refractivity contribution in [1.82, 2.24) is 20.0 Å². The smallest absolute Gasteiger partial charge is 0.360 e. The molecule has 88 valence electrons.